The van der Waals surface area contributed by atoms with Crippen LogP contribution in [0.5, 0.6) is 5.75 Å². The largest absolute Gasteiger partial charge is 0.505 e. The second kappa shape index (κ2) is 8.29. The fourth-order valence-corrected chi connectivity index (χ4v) is 3.15. The van der Waals surface area contributed by atoms with E-state index in [9.17, 15) is 14.7 Å². The molecule has 3 aromatic heterocycles. The molecule has 0 spiro atoms. The molecular weight excluding hydrogens is 388 g/mol. The van der Waals surface area contributed by atoms with Crippen LogP contribution in [0.2, 0.25) is 0 Å². The Balaban J connectivity index is 1.49. The minimum atomic E-state index is -0.624. The summed E-state index contributed by atoms with van der Waals surface area (Å²) in [5.41, 5.74) is 6.38. The van der Waals surface area contributed by atoms with E-state index in [0.717, 1.165) is 18.9 Å². The molecule has 0 saturated carbocycles. The van der Waals surface area contributed by atoms with Gasteiger partial charge in [-0.05, 0) is 23.8 Å². The van der Waals surface area contributed by atoms with Crippen LogP contribution in [0.15, 0.2) is 36.7 Å². The lowest BCUT2D eigenvalue weighted by Crippen LogP contribution is -2.36. The highest BCUT2D eigenvalue weighted by atomic mass is 16.5. The third-order valence-electron chi connectivity index (χ3n) is 4.79. The zero-order valence-electron chi connectivity index (χ0n) is 16.0. The Hall–Kier alpha value is -3.79. The van der Waals surface area contributed by atoms with Crippen molar-refractivity contribution in [3.8, 4) is 5.75 Å². The van der Waals surface area contributed by atoms with Gasteiger partial charge in [-0.3, -0.25) is 14.6 Å². The molecule has 3 aromatic rings. The molecule has 10 heteroatoms. The third kappa shape index (κ3) is 3.98. The summed E-state index contributed by atoms with van der Waals surface area (Å²) in [6.45, 7) is 2.92. The van der Waals surface area contributed by atoms with Crippen molar-refractivity contribution in [2.75, 3.05) is 31.2 Å². The molecule has 30 heavy (non-hydrogen) atoms. The number of fused-ring (bicyclic) bond motifs is 1. The lowest BCUT2D eigenvalue weighted by Gasteiger charge is -2.27. The van der Waals surface area contributed by atoms with Gasteiger partial charge >= 0.3 is 0 Å². The van der Waals surface area contributed by atoms with Gasteiger partial charge in [0.25, 0.3) is 11.8 Å². The van der Waals surface area contributed by atoms with Crippen molar-refractivity contribution in [1.82, 2.24) is 20.3 Å². The van der Waals surface area contributed by atoms with Crippen LogP contribution in [0.4, 0.5) is 5.82 Å². The number of amides is 2. The smallest absolute Gasteiger partial charge is 0.274 e. The zero-order chi connectivity index (χ0) is 21.1. The van der Waals surface area contributed by atoms with Gasteiger partial charge in [-0.25, -0.2) is 9.97 Å². The number of aromatic hydroxyl groups is 1. The van der Waals surface area contributed by atoms with E-state index in [0.29, 0.717) is 29.7 Å². The van der Waals surface area contributed by atoms with Gasteiger partial charge in [0, 0.05) is 31.2 Å². The SMILES string of the molecule is NC(=O)c1ccc(CNC(=O)c2ncc3nc(N4CCOCC4)ccc3c2O)cn1. The number of nitrogens with one attached hydrogen (secondary N) is 1. The van der Waals surface area contributed by atoms with E-state index in [1.165, 1.54) is 18.5 Å². The molecule has 1 fully saturated rings. The van der Waals surface area contributed by atoms with Crippen molar-refractivity contribution in [3.63, 3.8) is 0 Å². The highest BCUT2D eigenvalue weighted by Gasteiger charge is 2.18. The van der Waals surface area contributed by atoms with Crippen LogP contribution in [0, 0.1) is 0 Å². The molecule has 1 saturated heterocycles. The first-order valence-corrected chi connectivity index (χ1v) is 9.37. The van der Waals surface area contributed by atoms with Gasteiger partial charge in [-0.1, -0.05) is 6.07 Å². The first kappa shape index (κ1) is 19.5. The lowest BCUT2D eigenvalue weighted by atomic mass is 10.2. The number of nitrogens with zero attached hydrogens (tertiary/aromatic N) is 4. The third-order valence-corrected chi connectivity index (χ3v) is 4.79. The molecule has 154 valence electrons. The molecule has 4 heterocycles. The lowest BCUT2D eigenvalue weighted by molar-refractivity contribution is 0.0941. The molecule has 1 aliphatic heterocycles. The van der Waals surface area contributed by atoms with Gasteiger partial charge in [-0.2, -0.15) is 0 Å². The molecular formula is C20H20N6O4. The highest BCUT2D eigenvalue weighted by Crippen LogP contribution is 2.28. The summed E-state index contributed by atoms with van der Waals surface area (Å²) < 4.78 is 5.35. The molecule has 4 N–H and O–H groups in total. The molecule has 0 aliphatic carbocycles. The van der Waals surface area contributed by atoms with Crippen molar-refractivity contribution in [2.24, 2.45) is 5.73 Å². The maximum absolute atomic E-state index is 12.5. The Morgan fingerprint density at radius 2 is 1.93 bits per heavy atom. The Bertz CT molecular complexity index is 1100. The van der Waals surface area contributed by atoms with E-state index in [1.54, 1.807) is 18.2 Å². The standard InChI is InChI=1S/C20H20N6O4/c21-19(28)14-3-1-12(9-22-14)10-24-20(29)17-18(27)13-2-4-16(25-15(13)11-23-17)26-5-7-30-8-6-26/h1-4,9,11,27H,5-8,10H2,(H2,21,28)(H,24,29). The van der Waals surface area contributed by atoms with Crippen LogP contribution in [0.25, 0.3) is 10.9 Å². The van der Waals surface area contributed by atoms with Gasteiger partial charge in [0.05, 0.1) is 24.9 Å². The molecule has 0 atom stereocenters. The molecule has 0 bridgehead atoms. The van der Waals surface area contributed by atoms with E-state index in [4.69, 9.17) is 10.5 Å². The van der Waals surface area contributed by atoms with Crippen molar-refractivity contribution < 1.29 is 19.4 Å². The average Bonchev–Trinajstić information content (AvgIpc) is 2.78. The zero-order valence-corrected chi connectivity index (χ0v) is 16.0. The molecule has 0 radical (unpaired) electrons. The fourth-order valence-electron chi connectivity index (χ4n) is 3.15. The molecule has 4 rings (SSSR count). The minimum absolute atomic E-state index is 0.0925. The number of rotatable bonds is 5. The summed E-state index contributed by atoms with van der Waals surface area (Å²) in [6, 6.07) is 6.65. The van der Waals surface area contributed by atoms with E-state index in [-0.39, 0.29) is 23.7 Å². The van der Waals surface area contributed by atoms with Gasteiger partial charge in [0.1, 0.15) is 11.5 Å². The van der Waals surface area contributed by atoms with Gasteiger partial charge in [-0.15, -0.1) is 0 Å². The number of carbonyl (C=O) groups is 2. The second-order valence-corrected chi connectivity index (χ2v) is 6.76. The van der Waals surface area contributed by atoms with E-state index >= 15 is 0 Å². The maximum Gasteiger partial charge on any atom is 0.274 e. The quantitative estimate of drug-likeness (QED) is 0.557. The van der Waals surface area contributed by atoms with E-state index in [1.807, 2.05) is 0 Å². The first-order valence-electron chi connectivity index (χ1n) is 9.37. The van der Waals surface area contributed by atoms with Crippen LogP contribution in [-0.2, 0) is 11.3 Å². The monoisotopic (exact) mass is 408 g/mol. The molecule has 10 nitrogen and oxygen atoms in total. The first-order chi connectivity index (χ1) is 14.5. The summed E-state index contributed by atoms with van der Waals surface area (Å²) in [4.78, 5) is 38.2. The number of morpholine rings is 1. The summed E-state index contributed by atoms with van der Waals surface area (Å²) in [7, 11) is 0. The van der Waals surface area contributed by atoms with Gasteiger partial charge < -0.3 is 25.8 Å². The Morgan fingerprint density at radius 3 is 2.63 bits per heavy atom. The Labute approximate surface area is 171 Å². The van der Waals surface area contributed by atoms with Crippen molar-refractivity contribution >= 4 is 28.5 Å². The van der Waals surface area contributed by atoms with Crippen molar-refractivity contribution in [1.29, 1.82) is 0 Å². The van der Waals surface area contributed by atoms with Gasteiger partial charge in [0.2, 0.25) is 0 Å². The van der Waals surface area contributed by atoms with Crippen LogP contribution in [0.3, 0.4) is 0 Å². The number of aromatic nitrogens is 3. The van der Waals surface area contributed by atoms with E-state index < -0.39 is 11.8 Å². The van der Waals surface area contributed by atoms with Crippen LogP contribution < -0.4 is 16.0 Å². The summed E-state index contributed by atoms with van der Waals surface area (Å²) >= 11 is 0. The van der Waals surface area contributed by atoms with E-state index in [2.05, 4.69) is 25.2 Å². The van der Waals surface area contributed by atoms with Crippen molar-refractivity contribution in [3.05, 3.63) is 53.6 Å². The van der Waals surface area contributed by atoms with Gasteiger partial charge in [0.15, 0.2) is 11.4 Å². The number of hydrogen-bond acceptors (Lipinski definition) is 8. The second-order valence-electron chi connectivity index (χ2n) is 6.76. The maximum atomic E-state index is 12.5. The van der Waals surface area contributed by atoms with Crippen LogP contribution >= 0.6 is 0 Å². The number of ether oxygens (including phenoxy) is 1. The number of anilines is 1. The number of pyridine rings is 3. The Morgan fingerprint density at radius 1 is 1.13 bits per heavy atom. The summed E-state index contributed by atoms with van der Waals surface area (Å²) in [5.74, 6) is -0.615. The molecule has 2 amide bonds. The van der Waals surface area contributed by atoms with Crippen LogP contribution in [-0.4, -0.2) is 58.2 Å². The normalized spacial score (nSPS) is 13.9. The topological polar surface area (TPSA) is 144 Å². The number of nitrogens with two attached hydrogens (primary N) is 1. The Kier molecular flexibility index (Phi) is 5.40. The fraction of sp³-hybridized carbons (Fsp3) is 0.250. The minimum Gasteiger partial charge on any atom is -0.505 e. The molecule has 0 unspecified atom stereocenters. The number of hydrogen-bond donors (Lipinski definition) is 3. The molecule has 1 aliphatic rings. The highest BCUT2D eigenvalue weighted by molar-refractivity contribution is 6.00. The summed E-state index contributed by atoms with van der Waals surface area (Å²) in [6.07, 6.45) is 2.92. The van der Waals surface area contributed by atoms with Crippen LogP contribution in [0.1, 0.15) is 26.5 Å². The van der Waals surface area contributed by atoms with Crippen molar-refractivity contribution in [2.45, 2.75) is 6.54 Å². The number of primary amides is 1. The summed E-state index contributed by atoms with van der Waals surface area (Å²) in [5, 5.41) is 13.7. The number of carbonyl (C=O) groups excluding carboxylic acids is 2. The average molecular weight is 408 g/mol. The predicted molar refractivity (Wildman–Crippen MR) is 108 cm³/mol. The predicted octanol–water partition coefficient (Wildman–Crippen LogP) is 0.596. The molecule has 0 aromatic carbocycles.